The van der Waals surface area contributed by atoms with Gasteiger partial charge in [-0.1, -0.05) is 44.4 Å². The summed E-state index contributed by atoms with van der Waals surface area (Å²) in [5, 5.41) is 3.02. The van der Waals surface area contributed by atoms with E-state index in [2.05, 4.69) is 13.8 Å². The summed E-state index contributed by atoms with van der Waals surface area (Å²) in [6, 6.07) is 10.0. The first-order valence-electron chi connectivity index (χ1n) is 9.77. The number of benzene rings is 2. The van der Waals surface area contributed by atoms with Crippen LogP contribution in [0.15, 0.2) is 30.3 Å². The highest BCUT2D eigenvalue weighted by Gasteiger charge is 2.08. The molecule has 2 aromatic carbocycles. The minimum absolute atomic E-state index is 0.276. The second kappa shape index (κ2) is 11.6. The first-order chi connectivity index (χ1) is 12.7. The van der Waals surface area contributed by atoms with Gasteiger partial charge in [0.1, 0.15) is 11.5 Å². The van der Waals surface area contributed by atoms with Crippen LogP contribution in [0.1, 0.15) is 58.8 Å². The fourth-order valence-electron chi connectivity index (χ4n) is 2.85. The van der Waals surface area contributed by atoms with Gasteiger partial charge in [0.2, 0.25) is 0 Å². The summed E-state index contributed by atoms with van der Waals surface area (Å²) in [5.74, 6) is 1.64. The molecule has 0 N–H and O–H groups in total. The lowest BCUT2D eigenvalue weighted by Crippen LogP contribution is -2.01. The van der Waals surface area contributed by atoms with Gasteiger partial charge < -0.3 is 9.47 Å². The van der Waals surface area contributed by atoms with Gasteiger partial charge in [0, 0.05) is 10.8 Å². The maximum Gasteiger partial charge on any atom is 0.138 e. The molecular formula is C22H30Cl2O2. The lowest BCUT2D eigenvalue weighted by Gasteiger charge is -2.12. The van der Waals surface area contributed by atoms with E-state index in [9.17, 15) is 0 Å². The third-order valence-corrected chi connectivity index (χ3v) is 5.44. The van der Waals surface area contributed by atoms with Gasteiger partial charge in [-0.3, -0.25) is 0 Å². The molecule has 2 rings (SSSR count). The van der Waals surface area contributed by atoms with Crippen molar-refractivity contribution in [3.63, 3.8) is 0 Å². The van der Waals surface area contributed by atoms with Gasteiger partial charge in [-0.25, -0.2) is 0 Å². The summed E-state index contributed by atoms with van der Waals surface area (Å²) < 4.78 is 11.7. The molecule has 1 atom stereocenters. The molecule has 4 heteroatoms. The second-order valence-electron chi connectivity index (χ2n) is 6.67. The van der Waals surface area contributed by atoms with E-state index in [4.69, 9.17) is 32.7 Å². The van der Waals surface area contributed by atoms with Gasteiger partial charge in [0.15, 0.2) is 0 Å². The van der Waals surface area contributed by atoms with Gasteiger partial charge in [0.05, 0.1) is 18.2 Å². The first-order valence-corrected chi connectivity index (χ1v) is 10.6. The number of halogens is 2. The minimum Gasteiger partial charge on any atom is -0.494 e. The number of ether oxygens (including phenoxy) is 2. The molecule has 0 radical (unpaired) electrons. The lowest BCUT2D eigenvalue weighted by molar-refractivity contribution is 0.305. The molecule has 26 heavy (non-hydrogen) atoms. The maximum absolute atomic E-state index is 6.54. The molecule has 0 aliphatic heterocycles. The van der Waals surface area contributed by atoms with E-state index in [0.29, 0.717) is 11.6 Å². The zero-order valence-corrected chi connectivity index (χ0v) is 17.4. The smallest absolute Gasteiger partial charge is 0.138 e. The number of hydrogen-bond acceptors (Lipinski definition) is 2. The van der Waals surface area contributed by atoms with Crippen molar-refractivity contribution in [1.82, 2.24) is 0 Å². The Labute approximate surface area is 167 Å². The summed E-state index contributed by atoms with van der Waals surface area (Å²) in [7, 11) is 0. The number of unbranched alkanes of at least 4 members (excludes halogenated alkanes) is 3. The molecule has 0 bridgehead atoms. The fourth-order valence-corrected chi connectivity index (χ4v) is 3.29. The average molecular weight is 397 g/mol. The monoisotopic (exact) mass is 396 g/mol. The van der Waals surface area contributed by atoms with Crippen molar-refractivity contribution in [3.8, 4) is 11.5 Å². The molecule has 0 aliphatic rings. The van der Waals surface area contributed by atoms with Gasteiger partial charge >= 0.3 is 0 Å². The Bertz CT molecular complexity index is 672. The Hall–Kier alpha value is -1.12. The first kappa shape index (κ1) is 21.2. The Morgan fingerprint density at radius 1 is 0.923 bits per heavy atom. The van der Waals surface area contributed by atoms with E-state index in [1.807, 2.05) is 30.3 Å². The summed E-state index contributed by atoms with van der Waals surface area (Å²) >= 11 is 12.7. The average Bonchev–Trinajstić information content (AvgIpc) is 2.66. The standard InChI is InChI=1S/C22H30Cl2O2/c1-3-5-7-14-25-19-11-12-20-17(16-19)10-13-21(22(20)24)26-15-8-6-9-18(23)4-2/h10-13,16,18H,3-9,14-15H2,1-2H3. The number of hydrogen-bond donors (Lipinski definition) is 0. The molecule has 0 fully saturated rings. The van der Waals surface area contributed by atoms with E-state index in [1.54, 1.807) is 0 Å². The van der Waals surface area contributed by atoms with Crippen molar-refractivity contribution in [2.75, 3.05) is 13.2 Å². The van der Waals surface area contributed by atoms with Crippen LogP contribution in [0.5, 0.6) is 11.5 Å². The van der Waals surface area contributed by atoms with Crippen molar-refractivity contribution in [3.05, 3.63) is 35.4 Å². The van der Waals surface area contributed by atoms with Crippen LogP contribution >= 0.6 is 23.2 Å². The largest absolute Gasteiger partial charge is 0.494 e. The molecule has 0 aliphatic carbocycles. The highest BCUT2D eigenvalue weighted by molar-refractivity contribution is 6.37. The highest BCUT2D eigenvalue weighted by Crippen LogP contribution is 2.34. The van der Waals surface area contributed by atoms with Crippen LogP contribution in [0.3, 0.4) is 0 Å². The topological polar surface area (TPSA) is 18.5 Å². The molecular weight excluding hydrogens is 367 g/mol. The minimum atomic E-state index is 0.276. The van der Waals surface area contributed by atoms with E-state index in [1.165, 1.54) is 12.8 Å². The third kappa shape index (κ3) is 6.55. The van der Waals surface area contributed by atoms with Crippen LogP contribution in [0.4, 0.5) is 0 Å². The van der Waals surface area contributed by atoms with Crippen molar-refractivity contribution in [1.29, 1.82) is 0 Å². The lowest BCUT2D eigenvalue weighted by atomic mass is 10.1. The van der Waals surface area contributed by atoms with Crippen LogP contribution in [0, 0.1) is 0 Å². The molecule has 0 heterocycles. The molecule has 0 saturated carbocycles. The molecule has 144 valence electrons. The van der Waals surface area contributed by atoms with E-state index < -0.39 is 0 Å². The third-order valence-electron chi connectivity index (χ3n) is 4.52. The molecule has 0 aromatic heterocycles. The Kier molecular flexibility index (Phi) is 9.42. The normalized spacial score (nSPS) is 12.3. The number of rotatable bonds is 12. The predicted octanol–water partition coefficient (Wildman–Crippen LogP) is 7.63. The SMILES string of the molecule is CCCCCOc1ccc2c(Cl)c(OCCCCC(Cl)CC)ccc2c1. The van der Waals surface area contributed by atoms with Crippen LogP contribution in [-0.4, -0.2) is 18.6 Å². The summed E-state index contributed by atoms with van der Waals surface area (Å²) in [6.07, 6.45) is 7.60. The highest BCUT2D eigenvalue weighted by atomic mass is 35.5. The van der Waals surface area contributed by atoms with Crippen molar-refractivity contribution >= 4 is 34.0 Å². The Morgan fingerprint density at radius 2 is 1.69 bits per heavy atom. The van der Waals surface area contributed by atoms with Crippen LogP contribution < -0.4 is 9.47 Å². The van der Waals surface area contributed by atoms with Gasteiger partial charge in [-0.2, -0.15) is 0 Å². The molecule has 1 unspecified atom stereocenters. The van der Waals surface area contributed by atoms with Gasteiger partial charge in [-0.05, 0) is 61.8 Å². The molecule has 0 spiro atoms. The van der Waals surface area contributed by atoms with Crippen molar-refractivity contribution in [2.45, 2.75) is 64.2 Å². The van der Waals surface area contributed by atoms with Crippen LogP contribution in [-0.2, 0) is 0 Å². The molecule has 2 nitrogen and oxygen atoms in total. The maximum atomic E-state index is 6.54. The van der Waals surface area contributed by atoms with Crippen LogP contribution in [0.25, 0.3) is 10.8 Å². The second-order valence-corrected chi connectivity index (χ2v) is 7.66. The molecule has 0 saturated heterocycles. The zero-order chi connectivity index (χ0) is 18.8. The summed E-state index contributed by atoms with van der Waals surface area (Å²) in [6.45, 7) is 5.73. The fraction of sp³-hybridized carbons (Fsp3) is 0.545. The van der Waals surface area contributed by atoms with Crippen molar-refractivity contribution in [2.24, 2.45) is 0 Å². The zero-order valence-electron chi connectivity index (χ0n) is 15.9. The predicted molar refractivity (Wildman–Crippen MR) is 113 cm³/mol. The molecule has 2 aromatic rings. The Balaban J connectivity index is 1.90. The number of alkyl halides is 1. The van der Waals surface area contributed by atoms with Crippen molar-refractivity contribution < 1.29 is 9.47 Å². The molecule has 0 amide bonds. The van der Waals surface area contributed by atoms with Gasteiger partial charge in [0.25, 0.3) is 0 Å². The summed E-state index contributed by atoms with van der Waals surface area (Å²) in [4.78, 5) is 0. The van der Waals surface area contributed by atoms with Crippen LogP contribution in [0.2, 0.25) is 5.02 Å². The van der Waals surface area contributed by atoms with Gasteiger partial charge in [-0.15, -0.1) is 11.6 Å². The quantitative estimate of drug-likeness (QED) is 0.271. The van der Waals surface area contributed by atoms with E-state index in [0.717, 1.165) is 61.0 Å². The van der Waals surface area contributed by atoms with E-state index in [-0.39, 0.29) is 5.38 Å². The van der Waals surface area contributed by atoms with E-state index >= 15 is 0 Å². The number of fused-ring (bicyclic) bond motifs is 1. The Morgan fingerprint density at radius 3 is 2.46 bits per heavy atom. The summed E-state index contributed by atoms with van der Waals surface area (Å²) in [5.41, 5.74) is 0.